The van der Waals surface area contributed by atoms with Crippen LogP contribution in [-0.4, -0.2) is 16.5 Å². The van der Waals surface area contributed by atoms with Gasteiger partial charge in [-0.15, -0.1) is 0 Å². The Hall–Kier alpha value is -0.680. The predicted octanol–water partition coefficient (Wildman–Crippen LogP) is 0.530. The van der Waals surface area contributed by atoms with Crippen molar-refractivity contribution in [2.75, 3.05) is 0 Å². The molecule has 0 amide bonds. The van der Waals surface area contributed by atoms with E-state index in [0.29, 0.717) is 0 Å². The van der Waals surface area contributed by atoms with Gasteiger partial charge in [-0.2, -0.15) is 0 Å². The molecule has 0 heterocycles. The molecule has 0 rings (SSSR count). The molecule has 0 bridgehead atoms. The fourth-order valence-electron chi connectivity index (χ4n) is 0.989. The third-order valence-corrected chi connectivity index (χ3v) is 2.69. The standard InChI is InChI=1S/C7H17N3O2/c1-5(2)7(4,9-8)6(3)10(11)12/h5-6,9H,8H2,1-4H3. The summed E-state index contributed by atoms with van der Waals surface area (Å²) in [5.74, 6) is 5.41. The van der Waals surface area contributed by atoms with Gasteiger partial charge in [-0.3, -0.25) is 16.0 Å². The fraction of sp³-hybridized carbons (Fsp3) is 1.00. The summed E-state index contributed by atoms with van der Waals surface area (Å²) in [6, 6.07) is -0.692. The van der Waals surface area contributed by atoms with Crippen molar-refractivity contribution in [1.82, 2.24) is 5.43 Å². The summed E-state index contributed by atoms with van der Waals surface area (Å²) in [4.78, 5) is 10.2. The van der Waals surface area contributed by atoms with Gasteiger partial charge in [0.2, 0.25) is 6.04 Å². The Kier molecular flexibility index (Phi) is 3.60. The Morgan fingerprint density at radius 1 is 1.50 bits per heavy atom. The number of hydrazine groups is 1. The van der Waals surface area contributed by atoms with Crippen LogP contribution < -0.4 is 11.3 Å². The Balaban J connectivity index is 4.62. The maximum atomic E-state index is 10.5. The van der Waals surface area contributed by atoms with Gasteiger partial charge in [-0.25, -0.2) is 5.43 Å². The molecule has 3 N–H and O–H groups in total. The van der Waals surface area contributed by atoms with Crippen LogP contribution in [0.5, 0.6) is 0 Å². The molecule has 0 saturated carbocycles. The summed E-state index contributed by atoms with van der Waals surface area (Å²) >= 11 is 0. The minimum Gasteiger partial charge on any atom is -0.271 e. The second kappa shape index (κ2) is 3.82. The molecule has 0 saturated heterocycles. The zero-order chi connectivity index (χ0) is 9.94. The molecule has 2 atom stereocenters. The van der Waals surface area contributed by atoms with Crippen LogP contribution in [0, 0.1) is 16.0 Å². The maximum Gasteiger partial charge on any atom is 0.229 e. The number of nitrogens with zero attached hydrogens (tertiary/aromatic N) is 1. The van der Waals surface area contributed by atoms with E-state index >= 15 is 0 Å². The second-order valence-electron chi connectivity index (χ2n) is 3.54. The molecule has 0 fully saturated rings. The third kappa shape index (κ3) is 1.92. The number of nitrogens with one attached hydrogen (secondary N) is 1. The summed E-state index contributed by atoms with van der Waals surface area (Å²) in [5, 5.41) is 10.5. The smallest absolute Gasteiger partial charge is 0.229 e. The molecule has 0 aliphatic rings. The maximum absolute atomic E-state index is 10.5. The van der Waals surface area contributed by atoms with Crippen molar-refractivity contribution in [3.05, 3.63) is 10.1 Å². The first-order valence-corrected chi connectivity index (χ1v) is 3.97. The quantitative estimate of drug-likeness (QED) is 0.371. The number of nitro groups is 1. The lowest BCUT2D eigenvalue weighted by molar-refractivity contribution is -0.532. The summed E-state index contributed by atoms with van der Waals surface area (Å²) < 4.78 is 0. The van der Waals surface area contributed by atoms with E-state index in [2.05, 4.69) is 5.43 Å². The number of nitrogens with two attached hydrogens (primary N) is 1. The second-order valence-corrected chi connectivity index (χ2v) is 3.54. The zero-order valence-electron chi connectivity index (χ0n) is 8.00. The minimum atomic E-state index is -0.692. The normalized spacial score (nSPS) is 18.8. The van der Waals surface area contributed by atoms with Crippen LogP contribution in [0.4, 0.5) is 0 Å². The van der Waals surface area contributed by atoms with E-state index in [0.717, 1.165) is 0 Å². The van der Waals surface area contributed by atoms with Gasteiger partial charge in [0.1, 0.15) is 0 Å². The fourth-order valence-corrected chi connectivity index (χ4v) is 0.989. The van der Waals surface area contributed by atoms with Crippen molar-refractivity contribution < 1.29 is 4.92 Å². The first kappa shape index (κ1) is 11.3. The molecule has 0 aliphatic heterocycles. The molecule has 0 aromatic carbocycles. The van der Waals surface area contributed by atoms with Crippen LogP contribution in [0.3, 0.4) is 0 Å². The lowest BCUT2D eigenvalue weighted by Gasteiger charge is -2.33. The molecule has 5 nitrogen and oxygen atoms in total. The van der Waals surface area contributed by atoms with Crippen LogP contribution in [0.15, 0.2) is 0 Å². The molecule has 0 aromatic rings. The summed E-state index contributed by atoms with van der Waals surface area (Å²) in [6.45, 7) is 7.12. The first-order valence-electron chi connectivity index (χ1n) is 3.97. The highest BCUT2D eigenvalue weighted by Gasteiger charge is 2.41. The van der Waals surface area contributed by atoms with E-state index in [1.165, 1.54) is 0 Å². The van der Waals surface area contributed by atoms with Gasteiger partial charge >= 0.3 is 0 Å². The predicted molar refractivity (Wildman–Crippen MR) is 47.0 cm³/mol. The molecule has 0 aromatic heterocycles. The van der Waals surface area contributed by atoms with Crippen LogP contribution in [-0.2, 0) is 0 Å². The molecule has 5 heteroatoms. The van der Waals surface area contributed by atoms with Crippen LogP contribution >= 0.6 is 0 Å². The van der Waals surface area contributed by atoms with E-state index in [4.69, 9.17) is 5.84 Å². The van der Waals surface area contributed by atoms with Crippen LogP contribution in [0.1, 0.15) is 27.7 Å². The average molecular weight is 175 g/mol. The summed E-state index contributed by atoms with van der Waals surface area (Å²) in [5.41, 5.74) is 1.87. The van der Waals surface area contributed by atoms with Crippen molar-refractivity contribution in [3.8, 4) is 0 Å². The highest BCUT2D eigenvalue weighted by molar-refractivity contribution is 4.89. The zero-order valence-corrected chi connectivity index (χ0v) is 8.00. The lowest BCUT2D eigenvalue weighted by Crippen LogP contribution is -2.60. The minimum absolute atomic E-state index is 0.114. The van der Waals surface area contributed by atoms with Crippen molar-refractivity contribution in [2.45, 2.75) is 39.3 Å². The van der Waals surface area contributed by atoms with E-state index in [9.17, 15) is 10.1 Å². The lowest BCUT2D eigenvalue weighted by atomic mass is 9.83. The van der Waals surface area contributed by atoms with Crippen molar-refractivity contribution in [1.29, 1.82) is 0 Å². The molecule has 0 radical (unpaired) electrons. The van der Waals surface area contributed by atoms with Gasteiger partial charge < -0.3 is 0 Å². The van der Waals surface area contributed by atoms with Crippen LogP contribution in [0.2, 0.25) is 0 Å². The SMILES string of the molecule is CC(C)C(C)(NN)C(C)[N+](=O)[O-]. The number of hydrogen-bond donors (Lipinski definition) is 2. The van der Waals surface area contributed by atoms with E-state index in [1.807, 2.05) is 13.8 Å². The highest BCUT2D eigenvalue weighted by Crippen LogP contribution is 2.21. The average Bonchev–Trinajstić information content (AvgIpc) is 2.01. The number of hydrogen-bond acceptors (Lipinski definition) is 4. The van der Waals surface area contributed by atoms with Gasteiger partial charge in [0, 0.05) is 11.8 Å². The Labute approximate surface area is 72.4 Å². The van der Waals surface area contributed by atoms with Crippen molar-refractivity contribution in [3.63, 3.8) is 0 Å². The molecule has 0 spiro atoms. The molecule has 2 unspecified atom stereocenters. The summed E-state index contributed by atoms with van der Waals surface area (Å²) in [6.07, 6.45) is 0. The van der Waals surface area contributed by atoms with E-state index < -0.39 is 11.6 Å². The molecular weight excluding hydrogens is 158 g/mol. The molecule has 72 valence electrons. The van der Waals surface area contributed by atoms with Gasteiger partial charge in [0.05, 0.1) is 5.54 Å². The third-order valence-electron chi connectivity index (χ3n) is 2.69. The van der Waals surface area contributed by atoms with Gasteiger partial charge in [0.15, 0.2) is 0 Å². The first-order chi connectivity index (χ1) is 5.36. The van der Waals surface area contributed by atoms with Gasteiger partial charge in [-0.05, 0) is 12.8 Å². The monoisotopic (exact) mass is 175 g/mol. The van der Waals surface area contributed by atoms with Crippen molar-refractivity contribution >= 4 is 0 Å². The van der Waals surface area contributed by atoms with Gasteiger partial charge in [-0.1, -0.05) is 13.8 Å². The number of rotatable bonds is 4. The molecular formula is C7H17N3O2. The largest absolute Gasteiger partial charge is 0.271 e. The Morgan fingerprint density at radius 3 is 2.00 bits per heavy atom. The Morgan fingerprint density at radius 2 is 1.92 bits per heavy atom. The Bertz CT molecular complexity index is 172. The van der Waals surface area contributed by atoms with Crippen molar-refractivity contribution in [2.24, 2.45) is 11.8 Å². The summed E-state index contributed by atoms with van der Waals surface area (Å²) in [7, 11) is 0. The topological polar surface area (TPSA) is 81.2 Å². The molecule has 12 heavy (non-hydrogen) atoms. The van der Waals surface area contributed by atoms with Crippen LogP contribution in [0.25, 0.3) is 0 Å². The molecule has 0 aliphatic carbocycles. The van der Waals surface area contributed by atoms with Gasteiger partial charge in [0.25, 0.3) is 0 Å². The highest BCUT2D eigenvalue weighted by atomic mass is 16.6. The van der Waals surface area contributed by atoms with E-state index in [1.54, 1.807) is 13.8 Å². The van der Waals surface area contributed by atoms with E-state index in [-0.39, 0.29) is 10.8 Å².